The quantitative estimate of drug-likeness (QED) is 0.416. The van der Waals surface area contributed by atoms with E-state index < -0.39 is 17.8 Å². The Morgan fingerprint density at radius 1 is 1.73 bits per heavy atom. The first kappa shape index (κ1) is 11.5. The molecule has 1 heterocycles. The molecule has 0 aromatic carbocycles. The lowest BCUT2D eigenvalue weighted by atomic mass is 10.1. The summed E-state index contributed by atoms with van der Waals surface area (Å²) >= 11 is 0. The largest absolute Gasteiger partial charge is 0.393 e. The van der Waals surface area contributed by atoms with Crippen LogP contribution in [0.5, 0.6) is 0 Å². The number of aliphatic hydroxyl groups is 2. The van der Waals surface area contributed by atoms with Gasteiger partial charge in [-0.15, -0.1) is 0 Å². The maximum atomic E-state index is 11.1. The van der Waals surface area contributed by atoms with Crippen molar-refractivity contribution in [3.05, 3.63) is 16.7 Å². The van der Waals surface area contributed by atoms with Crippen LogP contribution >= 0.6 is 0 Å². The van der Waals surface area contributed by atoms with Crippen molar-refractivity contribution in [1.82, 2.24) is 9.97 Å². The van der Waals surface area contributed by atoms with Gasteiger partial charge >= 0.3 is 0 Å². The molecular weight excluding hydrogens is 200 g/mol. The molecule has 0 aliphatic rings. The predicted octanol–water partition coefficient (Wildman–Crippen LogP) is -1.49. The Morgan fingerprint density at radius 3 is 3.00 bits per heavy atom. The smallest absolute Gasteiger partial charge is 0.276 e. The lowest BCUT2D eigenvalue weighted by molar-refractivity contribution is 0.0132. The highest BCUT2D eigenvalue weighted by Crippen LogP contribution is 2.09. The van der Waals surface area contributed by atoms with Crippen LogP contribution < -0.4 is 16.6 Å². The summed E-state index contributed by atoms with van der Waals surface area (Å²) in [6, 6.07) is 0. The summed E-state index contributed by atoms with van der Waals surface area (Å²) in [6.07, 6.45) is 1.20. The van der Waals surface area contributed by atoms with Crippen molar-refractivity contribution in [2.75, 3.05) is 24.2 Å². The number of hydrogen-bond acceptors (Lipinski definition) is 6. The van der Waals surface area contributed by atoms with Crippen molar-refractivity contribution in [1.29, 1.82) is 0 Å². The maximum Gasteiger partial charge on any atom is 0.276 e. The Kier molecular flexibility index (Phi) is 3.28. The van der Waals surface area contributed by atoms with Crippen molar-refractivity contribution >= 4 is 11.5 Å². The minimum atomic E-state index is -1.28. The number of H-pyrrole nitrogens is 1. The maximum absolute atomic E-state index is 11.1. The number of anilines is 2. The second-order valence-electron chi connectivity index (χ2n) is 3.50. The molecule has 0 radical (unpaired) electrons. The molecule has 1 atom stereocenters. The monoisotopic (exact) mass is 214 g/mol. The molecule has 15 heavy (non-hydrogen) atoms. The Hall–Kier alpha value is -1.60. The van der Waals surface area contributed by atoms with Gasteiger partial charge in [0.05, 0.1) is 12.9 Å². The SMILES string of the molecule is CC(O)(CO)CNc1nc[nH]c(=O)c1N. The number of nitrogens with zero attached hydrogens (tertiary/aromatic N) is 1. The van der Waals surface area contributed by atoms with Crippen LogP contribution in [0.2, 0.25) is 0 Å². The van der Waals surface area contributed by atoms with Gasteiger partial charge in [0.1, 0.15) is 11.3 Å². The lowest BCUT2D eigenvalue weighted by Gasteiger charge is -2.21. The molecule has 1 aromatic rings. The van der Waals surface area contributed by atoms with Crippen molar-refractivity contribution in [3.8, 4) is 0 Å². The van der Waals surface area contributed by atoms with Crippen LogP contribution in [0, 0.1) is 0 Å². The van der Waals surface area contributed by atoms with Gasteiger partial charge in [-0.3, -0.25) is 4.79 Å². The van der Waals surface area contributed by atoms with E-state index in [1.54, 1.807) is 0 Å². The zero-order valence-electron chi connectivity index (χ0n) is 8.32. The third kappa shape index (κ3) is 2.93. The van der Waals surface area contributed by atoms with E-state index in [1.807, 2.05) is 0 Å². The minimum absolute atomic E-state index is 0.0458. The first-order valence-corrected chi connectivity index (χ1v) is 4.36. The molecule has 0 saturated heterocycles. The number of aromatic amines is 1. The van der Waals surface area contributed by atoms with E-state index in [2.05, 4.69) is 15.3 Å². The fraction of sp³-hybridized carbons (Fsp3) is 0.500. The van der Waals surface area contributed by atoms with Gasteiger partial charge in [-0.25, -0.2) is 4.98 Å². The van der Waals surface area contributed by atoms with Crippen LogP contribution in [-0.2, 0) is 0 Å². The molecule has 1 unspecified atom stereocenters. The zero-order valence-corrected chi connectivity index (χ0v) is 8.32. The van der Waals surface area contributed by atoms with Crippen molar-refractivity contribution in [2.45, 2.75) is 12.5 Å². The Labute approximate surface area is 86.0 Å². The summed E-state index contributed by atoms with van der Waals surface area (Å²) in [4.78, 5) is 17.2. The Balaban J connectivity index is 2.74. The van der Waals surface area contributed by atoms with Crippen molar-refractivity contribution < 1.29 is 10.2 Å². The summed E-state index contributed by atoms with van der Waals surface area (Å²) in [7, 11) is 0. The van der Waals surface area contributed by atoms with Crippen LogP contribution in [0.25, 0.3) is 0 Å². The summed E-state index contributed by atoms with van der Waals surface area (Å²) in [5, 5.41) is 20.9. The topological polar surface area (TPSA) is 124 Å². The van der Waals surface area contributed by atoms with Gasteiger partial charge in [0.25, 0.3) is 5.56 Å². The van der Waals surface area contributed by atoms with Gasteiger partial charge in [-0.05, 0) is 6.92 Å². The summed E-state index contributed by atoms with van der Waals surface area (Å²) < 4.78 is 0. The third-order valence-corrected chi connectivity index (χ3v) is 1.87. The van der Waals surface area contributed by atoms with Crippen LogP contribution in [0.4, 0.5) is 11.5 Å². The highest BCUT2D eigenvalue weighted by atomic mass is 16.3. The first-order chi connectivity index (χ1) is 6.96. The lowest BCUT2D eigenvalue weighted by Crippen LogP contribution is -2.37. The van der Waals surface area contributed by atoms with Gasteiger partial charge in [0.2, 0.25) is 0 Å². The molecule has 7 nitrogen and oxygen atoms in total. The molecule has 0 aliphatic heterocycles. The number of hydrogen-bond donors (Lipinski definition) is 5. The summed E-state index contributed by atoms with van der Waals surface area (Å²) in [5.74, 6) is 0.187. The van der Waals surface area contributed by atoms with E-state index in [4.69, 9.17) is 10.8 Å². The molecule has 0 fully saturated rings. The van der Waals surface area contributed by atoms with Crippen LogP contribution in [0.3, 0.4) is 0 Å². The minimum Gasteiger partial charge on any atom is -0.393 e. The standard InChI is InChI=1S/C8H14N4O3/c1-8(15,3-13)2-10-6-5(9)7(14)12-4-11-6/h4,13,15H,2-3,9H2,1H3,(H2,10,11,12,14). The van der Waals surface area contributed by atoms with E-state index in [-0.39, 0.29) is 18.1 Å². The average molecular weight is 214 g/mol. The Morgan fingerprint density at radius 2 is 2.40 bits per heavy atom. The molecule has 0 spiro atoms. The second kappa shape index (κ2) is 4.28. The average Bonchev–Trinajstić information content (AvgIpc) is 2.20. The number of rotatable bonds is 4. The van der Waals surface area contributed by atoms with E-state index in [1.165, 1.54) is 13.3 Å². The predicted molar refractivity (Wildman–Crippen MR) is 55.5 cm³/mol. The number of aliphatic hydroxyl groups excluding tert-OH is 1. The summed E-state index contributed by atoms with van der Waals surface area (Å²) in [5.41, 5.74) is 3.66. The van der Waals surface area contributed by atoms with Crippen LogP contribution in [0.1, 0.15) is 6.92 Å². The normalized spacial score (nSPS) is 14.6. The molecular formula is C8H14N4O3. The van der Waals surface area contributed by atoms with E-state index >= 15 is 0 Å². The molecule has 0 amide bonds. The molecule has 1 aromatic heterocycles. The number of nitrogens with one attached hydrogen (secondary N) is 2. The molecule has 0 bridgehead atoms. The fourth-order valence-electron chi connectivity index (χ4n) is 0.881. The Bertz CT molecular complexity index is 388. The van der Waals surface area contributed by atoms with Crippen LogP contribution in [-0.4, -0.2) is 38.9 Å². The van der Waals surface area contributed by atoms with Gasteiger partial charge < -0.3 is 26.2 Å². The highest BCUT2D eigenvalue weighted by molar-refractivity contribution is 5.58. The molecule has 6 N–H and O–H groups in total. The van der Waals surface area contributed by atoms with Crippen molar-refractivity contribution in [2.24, 2.45) is 0 Å². The van der Waals surface area contributed by atoms with Gasteiger partial charge in [-0.1, -0.05) is 0 Å². The van der Waals surface area contributed by atoms with E-state index in [0.717, 1.165) is 0 Å². The zero-order chi connectivity index (χ0) is 11.5. The number of nitrogen functional groups attached to an aromatic ring is 1. The van der Waals surface area contributed by atoms with Crippen molar-refractivity contribution in [3.63, 3.8) is 0 Å². The molecule has 0 saturated carbocycles. The molecule has 84 valence electrons. The van der Waals surface area contributed by atoms with E-state index in [9.17, 15) is 9.90 Å². The fourth-order valence-corrected chi connectivity index (χ4v) is 0.881. The number of nitrogens with two attached hydrogens (primary N) is 1. The van der Waals surface area contributed by atoms with E-state index in [0.29, 0.717) is 0 Å². The first-order valence-electron chi connectivity index (χ1n) is 4.36. The molecule has 7 heteroatoms. The van der Waals surface area contributed by atoms with Gasteiger partial charge in [0.15, 0.2) is 5.82 Å². The molecule has 0 aliphatic carbocycles. The number of aromatic nitrogens is 2. The van der Waals surface area contributed by atoms with Gasteiger partial charge in [-0.2, -0.15) is 0 Å². The summed E-state index contributed by atoms with van der Waals surface area (Å²) in [6.45, 7) is 1.09. The third-order valence-electron chi connectivity index (χ3n) is 1.87. The van der Waals surface area contributed by atoms with Gasteiger partial charge in [0, 0.05) is 6.54 Å². The highest BCUT2D eigenvalue weighted by Gasteiger charge is 2.19. The second-order valence-corrected chi connectivity index (χ2v) is 3.50. The molecule has 1 rings (SSSR count). The van der Waals surface area contributed by atoms with Crippen LogP contribution in [0.15, 0.2) is 11.1 Å².